The van der Waals surface area contributed by atoms with Gasteiger partial charge in [0.1, 0.15) is 24.5 Å². The quantitative estimate of drug-likeness (QED) is 0.455. The molecule has 2 aromatic rings. The molecule has 3 rings (SSSR count). The summed E-state index contributed by atoms with van der Waals surface area (Å²) in [7, 11) is 1.63. The van der Waals surface area contributed by atoms with E-state index in [4.69, 9.17) is 20.6 Å². The van der Waals surface area contributed by atoms with E-state index in [0.29, 0.717) is 35.9 Å². The highest BCUT2D eigenvalue weighted by Gasteiger charge is 2.17. The smallest absolute Gasteiger partial charge is 0.132 e. The molecule has 0 atom stereocenters. The minimum atomic E-state index is 0.262. The van der Waals surface area contributed by atoms with Crippen LogP contribution >= 0.6 is 0 Å². The molecule has 0 spiro atoms. The summed E-state index contributed by atoms with van der Waals surface area (Å²) < 4.78 is 10.6. The van der Waals surface area contributed by atoms with Gasteiger partial charge in [0.05, 0.1) is 18.0 Å². The van der Waals surface area contributed by atoms with Gasteiger partial charge in [-0.3, -0.25) is 5.41 Å². The lowest BCUT2D eigenvalue weighted by atomic mass is 10.0. The lowest BCUT2D eigenvalue weighted by Crippen LogP contribution is -2.20. The topological polar surface area (TPSA) is 97.4 Å². The molecule has 0 radical (unpaired) electrons. The van der Waals surface area contributed by atoms with E-state index in [1.807, 2.05) is 6.07 Å². The first-order valence-corrected chi connectivity index (χ1v) is 8.36. The van der Waals surface area contributed by atoms with Crippen molar-refractivity contribution in [3.8, 4) is 5.75 Å². The second-order valence-corrected chi connectivity index (χ2v) is 5.92. The zero-order valence-electron chi connectivity index (χ0n) is 14.4. The predicted octanol–water partition coefficient (Wildman–Crippen LogP) is 2.10. The van der Waals surface area contributed by atoms with Crippen molar-refractivity contribution in [3.63, 3.8) is 0 Å². The van der Waals surface area contributed by atoms with E-state index in [1.165, 1.54) is 19.2 Å². The zero-order chi connectivity index (χ0) is 17.6. The molecule has 2 heterocycles. The van der Waals surface area contributed by atoms with Crippen LogP contribution in [-0.2, 0) is 4.74 Å². The van der Waals surface area contributed by atoms with Crippen LogP contribution in [0.15, 0.2) is 30.6 Å². The number of benzene rings is 1. The minimum absolute atomic E-state index is 0.262. The van der Waals surface area contributed by atoms with Crippen molar-refractivity contribution in [1.82, 2.24) is 9.97 Å². The maximum atomic E-state index is 8.52. The fraction of sp³-hybridized carbons (Fsp3) is 0.389. The standard InChI is InChI=1S/C18H23N5O2/c1-24-8-9-25-13-4-5-15(19)14(10-13)18(20)16-11-17(22-12-21-16)23-6-2-3-7-23/h4-5,10-12,20H,2-3,6-9,19H2,1H3. The lowest BCUT2D eigenvalue weighted by molar-refractivity contribution is 0.146. The van der Waals surface area contributed by atoms with Crippen molar-refractivity contribution in [3.05, 3.63) is 41.9 Å². The van der Waals surface area contributed by atoms with Crippen LogP contribution < -0.4 is 15.4 Å². The third-order valence-corrected chi connectivity index (χ3v) is 4.19. The summed E-state index contributed by atoms with van der Waals surface area (Å²) in [6, 6.07) is 7.16. The van der Waals surface area contributed by atoms with Gasteiger partial charge in [-0.25, -0.2) is 9.97 Å². The number of hydrogen-bond acceptors (Lipinski definition) is 7. The Morgan fingerprint density at radius 1 is 1.20 bits per heavy atom. The van der Waals surface area contributed by atoms with Crippen molar-refractivity contribution >= 4 is 17.2 Å². The van der Waals surface area contributed by atoms with Gasteiger partial charge < -0.3 is 20.1 Å². The summed E-state index contributed by atoms with van der Waals surface area (Å²) in [6.45, 7) is 2.94. The van der Waals surface area contributed by atoms with E-state index in [1.54, 1.807) is 25.3 Å². The molecule has 0 aliphatic carbocycles. The second-order valence-electron chi connectivity index (χ2n) is 5.92. The average Bonchev–Trinajstić information content (AvgIpc) is 3.18. The molecular formula is C18H23N5O2. The van der Waals surface area contributed by atoms with Crippen LogP contribution in [0, 0.1) is 5.41 Å². The number of rotatable bonds is 7. The van der Waals surface area contributed by atoms with Crippen molar-refractivity contribution < 1.29 is 9.47 Å². The summed E-state index contributed by atoms with van der Waals surface area (Å²) in [6.07, 6.45) is 3.85. The van der Waals surface area contributed by atoms with Crippen molar-refractivity contribution in [1.29, 1.82) is 5.41 Å². The highest BCUT2D eigenvalue weighted by atomic mass is 16.5. The minimum Gasteiger partial charge on any atom is -0.491 e. The molecule has 1 aliphatic heterocycles. The van der Waals surface area contributed by atoms with Crippen LogP contribution in [0.2, 0.25) is 0 Å². The van der Waals surface area contributed by atoms with Gasteiger partial charge in [0.25, 0.3) is 0 Å². The van der Waals surface area contributed by atoms with Crippen LogP contribution in [0.25, 0.3) is 0 Å². The molecule has 25 heavy (non-hydrogen) atoms. The SMILES string of the molecule is COCCOc1ccc(N)c(C(=N)c2cc(N3CCCC3)ncn2)c1. The van der Waals surface area contributed by atoms with Crippen molar-refractivity contribution in [2.75, 3.05) is 44.0 Å². The number of hydrogen-bond donors (Lipinski definition) is 2. The van der Waals surface area contributed by atoms with E-state index in [9.17, 15) is 0 Å². The Morgan fingerprint density at radius 2 is 2.00 bits per heavy atom. The molecule has 0 saturated carbocycles. The Morgan fingerprint density at radius 3 is 2.76 bits per heavy atom. The molecule has 7 nitrogen and oxygen atoms in total. The van der Waals surface area contributed by atoms with Gasteiger partial charge >= 0.3 is 0 Å². The normalized spacial score (nSPS) is 13.9. The molecule has 3 N–H and O–H groups in total. The monoisotopic (exact) mass is 341 g/mol. The maximum absolute atomic E-state index is 8.52. The zero-order valence-corrected chi connectivity index (χ0v) is 14.4. The van der Waals surface area contributed by atoms with Crippen LogP contribution in [-0.4, -0.2) is 49.1 Å². The van der Waals surface area contributed by atoms with Crippen LogP contribution in [0.5, 0.6) is 5.75 Å². The molecule has 1 aromatic carbocycles. The number of nitrogens with zero attached hydrogens (tertiary/aromatic N) is 3. The number of nitrogen functional groups attached to an aromatic ring is 1. The Labute approximate surface area is 147 Å². The third-order valence-electron chi connectivity index (χ3n) is 4.19. The first kappa shape index (κ1) is 17.2. The summed E-state index contributed by atoms with van der Waals surface area (Å²) in [5.74, 6) is 1.51. The van der Waals surface area contributed by atoms with Crippen LogP contribution in [0.4, 0.5) is 11.5 Å². The fourth-order valence-electron chi connectivity index (χ4n) is 2.83. The molecular weight excluding hydrogens is 318 g/mol. The molecule has 0 amide bonds. The molecule has 1 fully saturated rings. The van der Waals surface area contributed by atoms with Crippen molar-refractivity contribution in [2.24, 2.45) is 0 Å². The maximum Gasteiger partial charge on any atom is 0.132 e. The molecule has 7 heteroatoms. The lowest BCUT2D eigenvalue weighted by Gasteiger charge is -2.17. The summed E-state index contributed by atoms with van der Waals surface area (Å²) in [5, 5.41) is 8.52. The van der Waals surface area contributed by atoms with Crippen LogP contribution in [0.1, 0.15) is 24.1 Å². The third kappa shape index (κ3) is 4.06. The van der Waals surface area contributed by atoms with Gasteiger partial charge in [-0.05, 0) is 31.0 Å². The highest BCUT2D eigenvalue weighted by molar-refractivity contribution is 6.13. The van der Waals surface area contributed by atoms with Gasteiger partial charge in [0, 0.05) is 37.5 Å². The Hall–Kier alpha value is -2.67. The fourth-order valence-corrected chi connectivity index (χ4v) is 2.83. The van der Waals surface area contributed by atoms with Gasteiger partial charge in [-0.15, -0.1) is 0 Å². The first-order valence-electron chi connectivity index (χ1n) is 8.36. The van der Waals surface area contributed by atoms with Gasteiger partial charge in [0.2, 0.25) is 0 Å². The number of anilines is 2. The van der Waals surface area contributed by atoms with E-state index in [0.717, 1.165) is 18.9 Å². The van der Waals surface area contributed by atoms with Crippen molar-refractivity contribution in [2.45, 2.75) is 12.8 Å². The first-order chi connectivity index (χ1) is 12.2. The number of nitrogens with two attached hydrogens (primary N) is 1. The van der Waals surface area contributed by atoms with Gasteiger partial charge in [-0.1, -0.05) is 0 Å². The Bertz CT molecular complexity index is 744. The highest BCUT2D eigenvalue weighted by Crippen LogP contribution is 2.24. The van der Waals surface area contributed by atoms with Gasteiger partial charge in [-0.2, -0.15) is 0 Å². The number of methoxy groups -OCH3 is 1. The number of ether oxygens (including phenoxy) is 2. The number of aromatic nitrogens is 2. The second kappa shape index (κ2) is 7.94. The largest absolute Gasteiger partial charge is 0.491 e. The molecule has 1 saturated heterocycles. The van der Waals surface area contributed by atoms with E-state index >= 15 is 0 Å². The van der Waals surface area contributed by atoms with Gasteiger partial charge in [0.15, 0.2) is 0 Å². The average molecular weight is 341 g/mol. The Kier molecular flexibility index (Phi) is 5.45. The Balaban J connectivity index is 1.82. The molecule has 0 unspecified atom stereocenters. The molecule has 0 bridgehead atoms. The number of nitrogens with one attached hydrogen (secondary N) is 1. The van der Waals surface area contributed by atoms with E-state index in [-0.39, 0.29) is 5.71 Å². The van der Waals surface area contributed by atoms with Crippen LogP contribution in [0.3, 0.4) is 0 Å². The summed E-state index contributed by atoms with van der Waals surface area (Å²) in [4.78, 5) is 10.8. The molecule has 132 valence electrons. The predicted molar refractivity (Wildman–Crippen MR) is 97.6 cm³/mol. The van der Waals surface area contributed by atoms with E-state index in [2.05, 4.69) is 14.9 Å². The molecule has 1 aliphatic rings. The molecule has 1 aromatic heterocycles. The summed E-state index contributed by atoms with van der Waals surface area (Å²) in [5.41, 5.74) is 8.00. The summed E-state index contributed by atoms with van der Waals surface area (Å²) >= 11 is 0. The van der Waals surface area contributed by atoms with E-state index < -0.39 is 0 Å².